The normalized spacial score (nSPS) is 25.9. The van der Waals surface area contributed by atoms with Crippen molar-refractivity contribution < 1.29 is 14.7 Å². The van der Waals surface area contributed by atoms with E-state index < -0.39 is 6.04 Å². The van der Waals surface area contributed by atoms with Gasteiger partial charge in [0.25, 0.3) is 0 Å². The third kappa shape index (κ3) is 5.84. The Bertz CT molecular complexity index is 785. The van der Waals surface area contributed by atoms with Crippen LogP contribution in [0.5, 0.6) is 0 Å². The number of nitrogens with zero attached hydrogens (tertiary/aromatic N) is 3. The highest BCUT2D eigenvalue weighted by atomic mass is 35.5. The monoisotopic (exact) mass is 433 g/mol. The standard InChI is InChI=1S/C23H32ClN3O3/c1-17-9-12-25(16-21(17)28)10-4-11-26-13-14-27(18(2)23(26)30)22(29)8-7-19-5-3-6-20(24)15-19/h3,5-8,15,17-18,21,28H,4,9-14,16H2,1-2H3/t17-,18?,21+/m0/s1. The summed E-state index contributed by atoms with van der Waals surface area (Å²) in [4.78, 5) is 31.1. The van der Waals surface area contributed by atoms with Gasteiger partial charge >= 0.3 is 0 Å². The number of rotatable bonds is 6. The highest BCUT2D eigenvalue weighted by Crippen LogP contribution is 2.18. The van der Waals surface area contributed by atoms with E-state index in [0.29, 0.717) is 37.1 Å². The molecule has 1 unspecified atom stereocenters. The summed E-state index contributed by atoms with van der Waals surface area (Å²) in [6, 6.07) is 6.83. The lowest BCUT2D eigenvalue weighted by Gasteiger charge is -2.39. The summed E-state index contributed by atoms with van der Waals surface area (Å²) < 4.78 is 0. The Hall–Kier alpha value is -1.89. The van der Waals surface area contributed by atoms with Crippen LogP contribution in [0, 0.1) is 5.92 Å². The Morgan fingerprint density at radius 3 is 2.77 bits per heavy atom. The van der Waals surface area contributed by atoms with E-state index in [4.69, 9.17) is 11.6 Å². The van der Waals surface area contributed by atoms with E-state index in [0.717, 1.165) is 31.5 Å². The highest BCUT2D eigenvalue weighted by molar-refractivity contribution is 6.30. The van der Waals surface area contributed by atoms with Gasteiger partial charge in [0.1, 0.15) is 6.04 Å². The number of amides is 2. The number of aliphatic hydroxyl groups excluding tert-OH is 1. The van der Waals surface area contributed by atoms with Crippen LogP contribution in [0.3, 0.4) is 0 Å². The van der Waals surface area contributed by atoms with E-state index in [1.165, 1.54) is 6.08 Å². The van der Waals surface area contributed by atoms with Crippen LogP contribution in [0.1, 0.15) is 32.3 Å². The third-order valence-electron chi connectivity index (χ3n) is 6.20. The molecule has 164 valence electrons. The van der Waals surface area contributed by atoms with E-state index in [-0.39, 0.29) is 17.9 Å². The molecule has 1 N–H and O–H groups in total. The zero-order valence-corrected chi connectivity index (χ0v) is 18.6. The molecule has 1 aromatic carbocycles. The predicted molar refractivity (Wildman–Crippen MR) is 119 cm³/mol. The zero-order valence-electron chi connectivity index (χ0n) is 17.8. The first-order valence-electron chi connectivity index (χ1n) is 10.8. The Morgan fingerprint density at radius 2 is 2.03 bits per heavy atom. The molecule has 3 atom stereocenters. The molecule has 0 radical (unpaired) electrons. The van der Waals surface area contributed by atoms with Crippen LogP contribution in [-0.2, 0) is 9.59 Å². The van der Waals surface area contributed by atoms with Crippen molar-refractivity contribution in [3.63, 3.8) is 0 Å². The van der Waals surface area contributed by atoms with Crippen molar-refractivity contribution in [3.05, 3.63) is 40.9 Å². The molecule has 2 fully saturated rings. The van der Waals surface area contributed by atoms with Gasteiger partial charge in [-0.15, -0.1) is 0 Å². The summed E-state index contributed by atoms with van der Waals surface area (Å²) in [6.45, 7) is 8.26. The van der Waals surface area contributed by atoms with Crippen LogP contribution in [0.4, 0.5) is 0 Å². The largest absolute Gasteiger partial charge is 0.392 e. The van der Waals surface area contributed by atoms with Crippen LogP contribution in [-0.4, -0.2) is 83.0 Å². The first-order valence-corrected chi connectivity index (χ1v) is 11.2. The lowest BCUT2D eigenvalue weighted by Crippen LogP contribution is -2.57. The van der Waals surface area contributed by atoms with Crippen LogP contribution < -0.4 is 0 Å². The van der Waals surface area contributed by atoms with Gasteiger partial charge < -0.3 is 19.8 Å². The molecule has 2 saturated heterocycles. The molecule has 1 aromatic rings. The summed E-state index contributed by atoms with van der Waals surface area (Å²) in [5, 5.41) is 10.6. The minimum Gasteiger partial charge on any atom is -0.392 e. The maximum Gasteiger partial charge on any atom is 0.247 e. The van der Waals surface area contributed by atoms with Crippen LogP contribution in [0.15, 0.2) is 30.3 Å². The average Bonchev–Trinajstić information content (AvgIpc) is 2.72. The van der Waals surface area contributed by atoms with Gasteiger partial charge in [-0.3, -0.25) is 9.59 Å². The van der Waals surface area contributed by atoms with Crippen LogP contribution in [0.25, 0.3) is 6.08 Å². The fraction of sp³-hybridized carbons (Fsp3) is 0.565. The van der Waals surface area contributed by atoms with Crippen molar-refractivity contribution in [2.75, 3.05) is 39.3 Å². The molecule has 2 aliphatic rings. The number of hydrogen-bond donors (Lipinski definition) is 1. The van der Waals surface area contributed by atoms with E-state index in [1.54, 1.807) is 30.0 Å². The SMILES string of the molecule is CC1C(=O)N(CCCN2CC[C@H](C)[C@H](O)C2)CCN1C(=O)C=Cc1cccc(Cl)c1. The number of carbonyl (C=O) groups excluding carboxylic acids is 2. The molecule has 2 aliphatic heterocycles. The molecule has 30 heavy (non-hydrogen) atoms. The number of piperazine rings is 1. The van der Waals surface area contributed by atoms with Crippen molar-refractivity contribution in [1.29, 1.82) is 0 Å². The van der Waals surface area contributed by atoms with Crippen molar-refractivity contribution >= 4 is 29.5 Å². The third-order valence-corrected chi connectivity index (χ3v) is 6.44. The van der Waals surface area contributed by atoms with Gasteiger partial charge in [0, 0.05) is 37.3 Å². The molecule has 0 aromatic heterocycles. The molecular formula is C23H32ClN3O3. The van der Waals surface area contributed by atoms with Gasteiger partial charge in [-0.05, 0) is 62.5 Å². The molecule has 7 heteroatoms. The number of carbonyl (C=O) groups is 2. The summed E-state index contributed by atoms with van der Waals surface area (Å²) in [5.41, 5.74) is 0.852. The summed E-state index contributed by atoms with van der Waals surface area (Å²) >= 11 is 5.98. The number of hydrogen-bond acceptors (Lipinski definition) is 4. The van der Waals surface area contributed by atoms with Crippen LogP contribution in [0.2, 0.25) is 5.02 Å². The van der Waals surface area contributed by atoms with Gasteiger partial charge in [-0.2, -0.15) is 0 Å². The van der Waals surface area contributed by atoms with Crippen molar-refractivity contribution in [2.45, 2.75) is 38.8 Å². The van der Waals surface area contributed by atoms with Crippen molar-refractivity contribution in [2.24, 2.45) is 5.92 Å². The van der Waals surface area contributed by atoms with Gasteiger partial charge in [0.15, 0.2) is 0 Å². The molecule has 2 amide bonds. The highest BCUT2D eigenvalue weighted by Gasteiger charge is 2.33. The number of halogens is 1. The quantitative estimate of drug-likeness (QED) is 0.700. The molecule has 0 bridgehead atoms. The summed E-state index contributed by atoms with van der Waals surface area (Å²) in [5.74, 6) is 0.201. The number of β-amino-alcohol motifs (C(OH)–C–C–N with tert-alkyl or cyclic N) is 1. The van der Waals surface area contributed by atoms with Crippen molar-refractivity contribution in [1.82, 2.24) is 14.7 Å². The Morgan fingerprint density at radius 1 is 1.23 bits per heavy atom. The summed E-state index contributed by atoms with van der Waals surface area (Å²) in [7, 11) is 0. The Labute approximate surface area is 184 Å². The maximum absolute atomic E-state index is 12.8. The smallest absolute Gasteiger partial charge is 0.247 e. The van der Waals surface area contributed by atoms with E-state index in [1.807, 2.05) is 17.0 Å². The molecule has 2 heterocycles. The zero-order chi connectivity index (χ0) is 21.7. The van der Waals surface area contributed by atoms with Gasteiger partial charge in [-0.25, -0.2) is 0 Å². The van der Waals surface area contributed by atoms with Gasteiger partial charge in [-0.1, -0.05) is 30.7 Å². The lowest BCUT2D eigenvalue weighted by atomic mass is 9.96. The second-order valence-corrected chi connectivity index (χ2v) is 8.85. The number of benzene rings is 1. The second-order valence-electron chi connectivity index (χ2n) is 8.41. The molecule has 0 saturated carbocycles. The fourth-order valence-electron chi connectivity index (χ4n) is 4.13. The topological polar surface area (TPSA) is 64.1 Å². The molecule has 6 nitrogen and oxygen atoms in total. The first-order chi connectivity index (χ1) is 14.3. The minimum absolute atomic E-state index is 0.00180. The minimum atomic E-state index is -0.465. The second kappa shape index (κ2) is 10.4. The number of aliphatic hydroxyl groups is 1. The lowest BCUT2D eigenvalue weighted by molar-refractivity contribution is -0.148. The summed E-state index contributed by atoms with van der Waals surface area (Å²) in [6.07, 6.45) is 4.87. The van der Waals surface area contributed by atoms with Gasteiger partial charge in [0.05, 0.1) is 6.10 Å². The number of likely N-dealkylation sites (tertiary alicyclic amines) is 1. The van der Waals surface area contributed by atoms with E-state index in [9.17, 15) is 14.7 Å². The van der Waals surface area contributed by atoms with Gasteiger partial charge in [0.2, 0.25) is 11.8 Å². The molecule has 0 aliphatic carbocycles. The van der Waals surface area contributed by atoms with E-state index in [2.05, 4.69) is 11.8 Å². The molecular weight excluding hydrogens is 402 g/mol. The first kappa shape index (κ1) is 22.8. The Balaban J connectivity index is 1.46. The van der Waals surface area contributed by atoms with Crippen LogP contribution >= 0.6 is 11.6 Å². The molecule has 3 rings (SSSR count). The molecule has 0 spiro atoms. The maximum atomic E-state index is 12.8. The average molecular weight is 434 g/mol. The van der Waals surface area contributed by atoms with Crippen molar-refractivity contribution in [3.8, 4) is 0 Å². The Kier molecular flexibility index (Phi) is 7.92. The van der Waals surface area contributed by atoms with E-state index >= 15 is 0 Å². The predicted octanol–water partition coefficient (Wildman–Crippen LogP) is 2.51. The number of piperidine rings is 1. The fourth-order valence-corrected chi connectivity index (χ4v) is 4.33.